The molecule has 6 nitrogen and oxygen atoms in total. The Labute approximate surface area is 114 Å². The predicted octanol–water partition coefficient (Wildman–Crippen LogP) is 2.10. The highest BCUT2D eigenvalue weighted by atomic mass is 16.5. The summed E-state index contributed by atoms with van der Waals surface area (Å²) in [7, 11) is 1.60. The van der Waals surface area contributed by atoms with Gasteiger partial charge in [-0.3, -0.25) is 0 Å². The number of ether oxygens (including phenoxy) is 1. The van der Waals surface area contributed by atoms with Crippen LogP contribution in [0.4, 0.5) is 0 Å². The van der Waals surface area contributed by atoms with Gasteiger partial charge in [-0.15, -0.1) is 0 Å². The van der Waals surface area contributed by atoms with Crippen molar-refractivity contribution < 1.29 is 14.6 Å². The quantitative estimate of drug-likeness (QED) is 0.788. The summed E-state index contributed by atoms with van der Waals surface area (Å²) in [6.07, 6.45) is 1.39. The molecule has 0 spiro atoms. The van der Waals surface area contributed by atoms with Crippen molar-refractivity contribution in [2.45, 2.75) is 0 Å². The van der Waals surface area contributed by atoms with Gasteiger partial charge in [-0.1, -0.05) is 12.1 Å². The van der Waals surface area contributed by atoms with Gasteiger partial charge in [-0.25, -0.2) is 14.3 Å². The lowest BCUT2D eigenvalue weighted by molar-refractivity contribution is 0.0691. The number of rotatable bonds is 3. The fourth-order valence-electron chi connectivity index (χ4n) is 1.92. The zero-order valence-corrected chi connectivity index (χ0v) is 10.6. The van der Waals surface area contributed by atoms with Crippen molar-refractivity contribution in [3.63, 3.8) is 0 Å². The molecule has 0 radical (unpaired) electrons. The number of carboxylic acids is 1. The van der Waals surface area contributed by atoms with Crippen LogP contribution in [0, 0.1) is 0 Å². The van der Waals surface area contributed by atoms with Gasteiger partial charge in [0.05, 0.1) is 19.0 Å². The van der Waals surface area contributed by atoms with Crippen LogP contribution in [0.5, 0.6) is 5.75 Å². The van der Waals surface area contributed by atoms with Gasteiger partial charge in [0.1, 0.15) is 5.75 Å². The third-order valence-electron chi connectivity index (χ3n) is 2.90. The molecule has 0 amide bonds. The largest absolute Gasteiger partial charge is 0.497 e. The highest BCUT2D eigenvalue weighted by molar-refractivity contribution is 5.86. The van der Waals surface area contributed by atoms with E-state index in [9.17, 15) is 4.79 Å². The van der Waals surface area contributed by atoms with Crippen LogP contribution in [0.1, 0.15) is 10.5 Å². The first-order chi connectivity index (χ1) is 9.67. The maximum atomic E-state index is 10.9. The standard InChI is InChI=1S/C14H11N3O3/c1-20-10-4-2-3-9(7-10)11-5-6-13-15-12(14(18)19)8-17(13)16-11/h2-8H,1H3,(H,18,19). The van der Waals surface area contributed by atoms with E-state index in [-0.39, 0.29) is 5.69 Å². The normalized spacial score (nSPS) is 10.7. The second kappa shape index (κ2) is 4.65. The molecule has 100 valence electrons. The molecule has 0 unspecified atom stereocenters. The first-order valence-corrected chi connectivity index (χ1v) is 5.91. The minimum Gasteiger partial charge on any atom is -0.497 e. The number of benzene rings is 1. The summed E-state index contributed by atoms with van der Waals surface area (Å²) >= 11 is 0. The number of carboxylic acid groups (broad SMARTS) is 1. The van der Waals surface area contributed by atoms with Gasteiger partial charge in [0.25, 0.3) is 0 Å². The van der Waals surface area contributed by atoms with Crippen LogP contribution in [0.3, 0.4) is 0 Å². The van der Waals surface area contributed by atoms with Crippen molar-refractivity contribution in [1.29, 1.82) is 0 Å². The summed E-state index contributed by atoms with van der Waals surface area (Å²) in [5, 5.41) is 13.3. The number of imidazole rings is 1. The van der Waals surface area contributed by atoms with E-state index in [4.69, 9.17) is 9.84 Å². The second-order valence-electron chi connectivity index (χ2n) is 4.18. The summed E-state index contributed by atoms with van der Waals surface area (Å²) < 4.78 is 6.63. The molecule has 3 aromatic rings. The molecule has 0 saturated heterocycles. The summed E-state index contributed by atoms with van der Waals surface area (Å²) in [5.41, 5.74) is 2.07. The molecule has 3 rings (SSSR count). The SMILES string of the molecule is COc1cccc(-c2ccc3nc(C(=O)O)cn3n2)c1. The van der Waals surface area contributed by atoms with Crippen LogP contribution in [0.2, 0.25) is 0 Å². The van der Waals surface area contributed by atoms with Crippen LogP contribution in [-0.4, -0.2) is 32.8 Å². The zero-order chi connectivity index (χ0) is 14.1. The molecule has 0 bridgehead atoms. The molecule has 0 atom stereocenters. The van der Waals surface area contributed by atoms with E-state index >= 15 is 0 Å². The van der Waals surface area contributed by atoms with Crippen molar-refractivity contribution in [2.75, 3.05) is 7.11 Å². The molecular formula is C14H11N3O3. The Morgan fingerprint density at radius 1 is 1.30 bits per heavy atom. The van der Waals surface area contributed by atoms with Crippen LogP contribution in [-0.2, 0) is 0 Å². The topological polar surface area (TPSA) is 76.7 Å². The summed E-state index contributed by atoms with van der Waals surface area (Å²) in [4.78, 5) is 14.8. The monoisotopic (exact) mass is 269 g/mol. The lowest BCUT2D eigenvalue weighted by atomic mass is 10.1. The molecule has 1 aromatic carbocycles. The third kappa shape index (κ3) is 2.07. The first kappa shape index (κ1) is 12.2. The fraction of sp³-hybridized carbons (Fsp3) is 0.0714. The maximum Gasteiger partial charge on any atom is 0.356 e. The average molecular weight is 269 g/mol. The Bertz CT molecular complexity index is 795. The van der Waals surface area contributed by atoms with E-state index in [2.05, 4.69) is 10.1 Å². The van der Waals surface area contributed by atoms with E-state index in [0.29, 0.717) is 11.3 Å². The van der Waals surface area contributed by atoms with Gasteiger partial charge in [-0.2, -0.15) is 5.10 Å². The first-order valence-electron chi connectivity index (χ1n) is 5.91. The molecular weight excluding hydrogens is 258 g/mol. The second-order valence-corrected chi connectivity index (χ2v) is 4.18. The fourth-order valence-corrected chi connectivity index (χ4v) is 1.92. The molecule has 0 aliphatic carbocycles. The number of hydrogen-bond acceptors (Lipinski definition) is 4. The molecule has 0 aliphatic rings. The summed E-state index contributed by atoms with van der Waals surface area (Å²) in [5.74, 6) is -0.334. The molecule has 0 fully saturated rings. The van der Waals surface area contributed by atoms with Crippen LogP contribution in [0.15, 0.2) is 42.6 Å². The number of fused-ring (bicyclic) bond motifs is 1. The Kier molecular flexibility index (Phi) is 2.83. The lowest BCUT2D eigenvalue weighted by Gasteiger charge is -2.04. The minimum atomic E-state index is -1.07. The minimum absolute atomic E-state index is 0.0275. The Balaban J connectivity index is 2.09. The van der Waals surface area contributed by atoms with Crippen LogP contribution >= 0.6 is 0 Å². The number of hydrogen-bond donors (Lipinski definition) is 1. The van der Waals surface area contributed by atoms with Gasteiger partial charge >= 0.3 is 5.97 Å². The molecule has 1 N–H and O–H groups in total. The van der Waals surface area contributed by atoms with Gasteiger partial charge in [0.2, 0.25) is 0 Å². The maximum absolute atomic E-state index is 10.9. The Morgan fingerprint density at radius 2 is 2.15 bits per heavy atom. The number of carbonyl (C=O) groups is 1. The number of aromatic carboxylic acids is 1. The van der Waals surface area contributed by atoms with E-state index in [1.807, 2.05) is 24.3 Å². The predicted molar refractivity (Wildman–Crippen MR) is 71.9 cm³/mol. The number of nitrogens with zero attached hydrogens (tertiary/aromatic N) is 3. The van der Waals surface area contributed by atoms with Crippen molar-refractivity contribution in [3.8, 4) is 17.0 Å². The van der Waals surface area contributed by atoms with Crippen LogP contribution in [0.25, 0.3) is 16.9 Å². The molecule has 2 aromatic heterocycles. The summed E-state index contributed by atoms with van der Waals surface area (Å²) in [6.45, 7) is 0. The molecule has 0 saturated carbocycles. The van der Waals surface area contributed by atoms with Gasteiger partial charge in [-0.05, 0) is 24.3 Å². The third-order valence-corrected chi connectivity index (χ3v) is 2.90. The van der Waals surface area contributed by atoms with Gasteiger partial charge in [0.15, 0.2) is 11.3 Å². The summed E-state index contributed by atoms with van der Waals surface area (Å²) in [6, 6.07) is 11.0. The van der Waals surface area contributed by atoms with Crippen molar-refractivity contribution in [3.05, 3.63) is 48.3 Å². The molecule has 6 heteroatoms. The Morgan fingerprint density at radius 3 is 2.90 bits per heavy atom. The van der Waals surface area contributed by atoms with Crippen molar-refractivity contribution >= 4 is 11.6 Å². The van der Waals surface area contributed by atoms with Gasteiger partial charge < -0.3 is 9.84 Å². The average Bonchev–Trinajstić information content (AvgIpc) is 2.90. The highest BCUT2D eigenvalue weighted by Crippen LogP contribution is 2.22. The van der Waals surface area contributed by atoms with Crippen molar-refractivity contribution in [1.82, 2.24) is 14.6 Å². The van der Waals surface area contributed by atoms with E-state index < -0.39 is 5.97 Å². The van der Waals surface area contributed by atoms with E-state index in [0.717, 1.165) is 11.3 Å². The number of methoxy groups -OCH3 is 1. The van der Waals surface area contributed by atoms with Crippen molar-refractivity contribution in [2.24, 2.45) is 0 Å². The van der Waals surface area contributed by atoms with E-state index in [1.54, 1.807) is 19.2 Å². The van der Waals surface area contributed by atoms with Gasteiger partial charge in [0, 0.05) is 5.56 Å². The molecule has 0 aliphatic heterocycles. The molecule has 2 heterocycles. The zero-order valence-electron chi connectivity index (χ0n) is 10.6. The number of aromatic nitrogens is 3. The lowest BCUT2D eigenvalue weighted by Crippen LogP contribution is -1.95. The molecule has 20 heavy (non-hydrogen) atoms. The highest BCUT2D eigenvalue weighted by Gasteiger charge is 2.10. The smallest absolute Gasteiger partial charge is 0.356 e. The van der Waals surface area contributed by atoms with Crippen LogP contribution < -0.4 is 4.74 Å². The Hall–Kier alpha value is -2.89. The van der Waals surface area contributed by atoms with E-state index in [1.165, 1.54) is 10.7 Å².